The van der Waals surface area contributed by atoms with Gasteiger partial charge in [-0.05, 0) is 54.8 Å². The minimum atomic E-state index is -3.36. The molecule has 9 heteroatoms. The van der Waals surface area contributed by atoms with Crippen LogP contribution < -0.4 is 19.7 Å². The lowest BCUT2D eigenvalue weighted by Crippen LogP contribution is -2.34. The zero-order chi connectivity index (χ0) is 21.2. The summed E-state index contributed by atoms with van der Waals surface area (Å²) in [5.74, 6) is -0.131. The minimum Gasteiger partial charge on any atom is -0.495 e. The van der Waals surface area contributed by atoms with E-state index in [4.69, 9.17) is 4.74 Å². The molecule has 0 saturated heterocycles. The number of rotatable bonds is 5. The highest BCUT2D eigenvalue weighted by molar-refractivity contribution is 7.92. The van der Waals surface area contributed by atoms with Gasteiger partial charge < -0.3 is 15.4 Å². The highest BCUT2D eigenvalue weighted by atomic mass is 32.2. The number of anilines is 3. The van der Waals surface area contributed by atoms with Crippen molar-refractivity contribution in [3.8, 4) is 5.75 Å². The SMILES string of the molecule is COc1ccc(NC(C)=O)cc1NC(=O)c1ccc2c(c1)CCCN2S(C)(=O)=O. The highest BCUT2D eigenvalue weighted by Gasteiger charge is 2.25. The van der Waals surface area contributed by atoms with E-state index < -0.39 is 10.0 Å². The fourth-order valence-corrected chi connectivity index (χ4v) is 4.33. The molecule has 1 heterocycles. The molecule has 0 aromatic heterocycles. The van der Waals surface area contributed by atoms with Gasteiger partial charge in [-0.1, -0.05) is 0 Å². The van der Waals surface area contributed by atoms with Crippen molar-refractivity contribution in [2.24, 2.45) is 0 Å². The van der Waals surface area contributed by atoms with Crippen LogP contribution in [-0.4, -0.2) is 40.1 Å². The van der Waals surface area contributed by atoms with E-state index >= 15 is 0 Å². The maximum atomic E-state index is 12.8. The molecule has 0 aliphatic carbocycles. The molecule has 1 aliphatic rings. The van der Waals surface area contributed by atoms with E-state index in [0.717, 1.165) is 5.56 Å². The molecule has 2 N–H and O–H groups in total. The molecule has 2 amide bonds. The lowest BCUT2D eigenvalue weighted by Gasteiger charge is -2.29. The lowest BCUT2D eigenvalue weighted by molar-refractivity contribution is -0.114. The van der Waals surface area contributed by atoms with Crippen molar-refractivity contribution in [3.63, 3.8) is 0 Å². The van der Waals surface area contributed by atoms with E-state index in [1.54, 1.807) is 36.4 Å². The quantitative estimate of drug-likeness (QED) is 0.778. The summed E-state index contributed by atoms with van der Waals surface area (Å²) >= 11 is 0. The van der Waals surface area contributed by atoms with Crippen molar-refractivity contribution in [1.82, 2.24) is 0 Å². The van der Waals surface area contributed by atoms with Crippen molar-refractivity contribution in [3.05, 3.63) is 47.5 Å². The molecule has 2 aromatic carbocycles. The van der Waals surface area contributed by atoms with Crippen LogP contribution in [0.2, 0.25) is 0 Å². The molecular weight excluding hydrogens is 394 g/mol. The molecule has 0 atom stereocenters. The van der Waals surface area contributed by atoms with E-state index in [1.165, 1.54) is 24.6 Å². The second kappa shape index (κ2) is 8.12. The third kappa shape index (κ3) is 4.68. The van der Waals surface area contributed by atoms with Crippen molar-refractivity contribution in [2.45, 2.75) is 19.8 Å². The standard InChI is InChI=1S/C20H23N3O5S/c1-13(24)21-16-7-9-19(28-2)17(12-16)22-20(25)15-6-8-18-14(11-15)5-4-10-23(18)29(3,26)27/h6-9,11-12H,4-5,10H2,1-3H3,(H,21,24)(H,22,25). The zero-order valence-corrected chi connectivity index (χ0v) is 17.3. The summed E-state index contributed by atoms with van der Waals surface area (Å²) in [6, 6.07) is 9.91. The molecule has 0 unspecified atom stereocenters. The minimum absolute atomic E-state index is 0.224. The van der Waals surface area contributed by atoms with Gasteiger partial charge in [-0.25, -0.2) is 8.42 Å². The largest absolute Gasteiger partial charge is 0.495 e. The number of hydrogen-bond donors (Lipinski definition) is 2. The third-order valence-corrected chi connectivity index (χ3v) is 5.77. The molecule has 0 radical (unpaired) electrons. The maximum absolute atomic E-state index is 12.8. The fourth-order valence-electron chi connectivity index (χ4n) is 3.33. The second-order valence-corrected chi connectivity index (χ2v) is 8.74. The number of nitrogens with one attached hydrogen (secondary N) is 2. The van der Waals surface area contributed by atoms with Crippen LogP contribution in [0.4, 0.5) is 17.1 Å². The average Bonchev–Trinajstić information content (AvgIpc) is 2.66. The Morgan fingerprint density at radius 3 is 2.52 bits per heavy atom. The number of sulfonamides is 1. The van der Waals surface area contributed by atoms with E-state index in [2.05, 4.69) is 10.6 Å². The van der Waals surface area contributed by atoms with Crippen molar-refractivity contribution in [1.29, 1.82) is 0 Å². The maximum Gasteiger partial charge on any atom is 0.255 e. The smallest absolute Gasteiger partial charge is 0.255 e. The summed E-state index contributed by atoms with van der Waals surface area (Å²) in [6.45, 7) is 1.83. The Morgan fingerprint density at radius 2 is 1.86 bits per heavy atom. The molecule has 0 fully saturated rings. The lowest BCUT2D eigenvalue weighted by atomic mass is 10.0. The van der Waals surface area contributed by atoms with Gasteiger partial charge in [0.25, 0.3) is 5.91 Å². The first-order valence-electron chi connectivity index (χ1n) is 9.06. The Bertz CT molecular complexity index is 1070. The van der Waals surface area contributed by atoms with Gasteiger partial charge in [-0.2, -0.15) is 0 Å². The summed E-state index contributed by atoms with van der Waals surface area (Å²) in [4.78, 5) is 24.1. The van der Waals surface area contributed by atoms with Gasteiger partial charge in [-0.15, -0.1) is 0 Å². The molecule has 2 aromatic rings. The summed E-state index contributed by atoms with van der Waals surface area (Å²) in [7, 11) is -1.88. The first kappa shape index (κ1) is 20.7. The first-order chi connectivity index (χ1) is 13.7. The highest BCUT2D eigenvalue weighted by Crippen LogP contribution is 2.31. The summed E-state index contributed by atoms with van der Waals surface area (Å²) in [5.41, 5.74) is 2.78. The number of fused-ring (bicyclic) bond motifs is 1. The molecule has 0 spiro atoms. The van der Waals surface area contributed by atoms with Gasteiger partial charge >= 0.3 is 0 Å². The number of hydrogen-bond acceptors (Lipinski definition) is 5. The Labute approximate surface area is 169 Å². The average molecular weight is 417 g/mol. The molecule has 29 heavy (non-hydrogen) atoms. The van der Waals surface area contributed by atoms with Crippen LogP contribution in [0.1, 0.15) is 29.3 Å². The predicted octanol–water partition coefficient (Wildman–Crippen LogP) is 2.62. The molecule has 8 nitrogen and oxygen atoms in total. The summed E-state index contributed by atoms with van der Waals surface area (Å²) in [5, 5.41) is 5.45. The van der Waals surface area contributed by atoms with Gasteiger partial charge in [0.2, 0.25) is 15.9 Å². The third-order valence-electron chi connectivity index (χ3n) is 4.59. The van der Waals surface area contributed by atoms with Gasteiger partial charge in [-0.3, -0.25) is 13.9 Å². The Kier molecular flexibility index (Phi) is 5.78. The normalized spacial score (nSPS) is 13.4. The van der Waals surface area contributed by atoms with Crippen LogP contribution >= 0.6 is 0 Å². The van der Waals surface area contributed by atoms with E-state index in [0.29, 0.717) is 47.8 Å². The number of carbonyl (C=O) groups excluding carboxylic acids is 2. The Hall–Kier alpha value is -3.07. The van der Waals surface area contributed by atoms with Gasteiger partial charge in [0.15, 0.2) is 0 Å². The van der Waals surface area contributed by atoms with E-state index in [-0.39, 0.29) is 11.8 Å². The molecule has 154 valence electrons. The number of nitrogens with zero attached hydrogens (tertiary/aromatic N) is 1. The number of carbonyl (C=O) groups is 2. The van der Waals surface area contributed by atoms with Gasteiger partial charge in [0.05, 0.1) is 24.7 Å². The number of benzene rings is 2. The van der Waals surface area contributed by atoms with Crippen LogP contribution in [0.3, 0.4) is 0 Å². The Morgan fingerprint density at radius 1 is 1.10 bits per heavy atom. The van der Waals surface area contributed by atoms with Crippen molar-refractivity contribution < 1.29 is 22.7 Å². The second-order valence-electron chi connectivity index (χ2n) is 6.83. The molecule has 0 bridgehead atoms. The van der Waals surface area contributed by atoms with Crippen LogP contribution in [0.15, 0.2) is 36.4 Å². The first-order valence-corrected chi connectivity index (χ1v) is 10.9. The number of aryl methyl sites for hydroxylation is 1. The number of amides is 2. The monoisotopic (exact) mass is 417 g/mol. The molecular formula is C20H23N3O5S. The van der Waals surface area contributed by atoms with Gasteiger partial charge in [0, 0.05) is 24.7 Å². The summed E-state index contributed by atoms with van der Waals surface area (Å²) in [6.07, 6.45) is 2.57. The molecule has 0 saturated carbocycles. The molecule has 3 rings (SSSR count). The molecule has 1 aliphatic heterocycles. The van der Waals surface area contributed by atoms with Gasteiger partial charge in [0.1, 0.15) is 5.75 Å². The van der Waals surface area contributed by atoms with Crippen LogP contribution in [0.25, 0.3) is 0 Å². The zero-order valence-electron chi connectivity index (χ0n) is 16.5. The van der Waals surface area contributed by atoms with Crippen LogP contribution in [0.5, 0.6) is 5.75 Å². The number of ether oxygens (including phenoxy) is 1. The van der Waals surface area contributed by atoms with Crippen molar-refractivity contribution in [2.75, 3.05) is 34.8 Å². The van der Waals surface area contributed by atoms with Crippen molar-refractivity contribution >= 4 is 38.9 Å². The topological polar surface area (TPSA) is 105 Å². The van der Waals surface area contributed by atoms with Crippen LogP contribution in [0, 0.1) is 0 Å². The fraction of sp³-hybridized carbons (Fsp3) is 0.300. The Balaban J connectivity index is 1.88. The number of methoxy groups -OCH3 is 1. The van der Waals surface area contributed by atoms with E-state index in [9.17, 15) is 18.0 Å². The predicted molar refractivity (Wildman–Crippen MR) is 112 cm³/mol. The summed E-state index contributed by atoms with van der Waals surface area (Å²) < 4.78 is 30.6. The van der Waals surface area contributed by atoms with E-state index in [1.807, 2.05) is 0 Å². The van der Waals surface area contributed by atoms with Crippen LogP contribution in [-0.2, 0) is 21.2 Å².